The van der Waals surface area contributed by atoms with E-state index in [1.807, 2.05) is 6.92 Å². The molecule has 2 bridgehead atoms. The second kappa shape index (κ2) is 7.02. The summed E-state index contributed by atoms with van der Waals surface area (Å²) in [6.07, 6.45) is 2.95. The fraction of sp³-hybridized carbons (Fsp3) is 0.381. The zero-order valence-electron chi connectivity index (χ0n) is 16.3. The molecule has 4 atom stereocenters. The van der Waals surface area contributed by atoms with Crippen LogP contribution in [0.5, 0.6) is 11.6 Å². The van der Waals surface area contributed by atoms with Gasteiger partial charge in [-0.2, -0.15) is 5.10 Å². The largest absolute Gasteiger partial charge is 0.507 e. The van der Waals surface area contributed by atoms with Gasteiger partial charge in [0.1, 0.15) is 11.9 Å². The second-order valence-electron chi connectivity index (χ2n) is 8.15. The molecule has 2 fully saturated rings. The summed E-state index contributed by atoms with van der Waals surface area (Å²) in [4.78, 5) is 0. The van der Waals surface area contributed by atoms with Crippen LogP contribution in [0.4, 0.5) is 8.78 Å². The number of alkyl halides is 1. The highest BCUT2D eigenvalue weighted by atomic mass is 19.1. The van der Waals surface area contributed by atoms with Crippen molar-refractivity contribution in [1.82, 2.24) is 25.3 Å². The molecule has 0 aliphatic carbocycles. The van der Waals surface area contributed by atoms with E-state index >= 15 is 0 Å². The van der Waals surface area contributed by atoms with E-state index in [1.165, 1.54) is 16.9 Å². The summed E-state index contributed by atoms with van der Waals surface area (Å²) in [6, 6.07) is 8.35. The van der Waals surface area contributed by atoms with Gasteiger partial charge in [-0.05, 0) is 38.0 Å². The molecule has 0 amide bonds. The van der Waals surface area contributed by atoms with Crippen LogP contribution in [0.3, 0.4) is 0 Å². The highest BCUT2D eigenvalue weighted by molar-refractivity contribution is 5.68. The van der Waals surface area contributed by atoms with Crippen LogP contribution in [0.15, 0.2) is 42.7 Å². The third-order valence-electron chi connectivity index (χ3n) is 5.98. The molecule has 2 aliphatic heterocycles. The van der Waals surface area contributed by atoms with Crippen molar-refractivity contribution in [3.8, 4) is 28.6 Å². The Kier molecular flexibility index (Phi) is 4.43. The standard InChI is InChI=1S/C21H21F2N5O2/c1-21-7-6-13(25-21)8-18(20(21)23)30-19-5-4-16(26-27-19)15-3-2-14(9-17(15)29)28-11-12(22)10-24-28/h2-5,9-11,13,18,20,25,29H,6-8H2,1H3/t13-,18-,20-,21+/m0/s1. The van der Waals surface area contributed by atoms with Crippen molar-refractivity contribution < 1.29 is 18.6 Å². The van der Waals surface area contributed by atoms with Crippen LogP contribution in [0.25, 0.3) is 16.9 Å². The van der Waals surface area contributed by atoms with Crippen molar-refractivity contribution in [3.05, 3.63) is 48.5 Å². The molecule has 9 heteroatoms. The van der Waals surface area contributed by atoms with Gasteiger partial charge in [-0.3, -0.25) is 0 Å². The molecule has 5 rings (SSSR count). The van der Waals surface area contributed by atoms with Crippen molar-refractivity contribution in [1.29, 1.82) is 0 Å². The van der Waals surface area contributed by atoms with Crippen LogP contribution in [0.1, 0.15) is 26.2 Å². The molecule has 156 valence electrons. The fourth-order valence-electron chi connectivity index (χ4n) is 4.40. The number of ether oxygens (including phenoxy) is 1. The number of fused-ring (bicyclic) bond motifs is 2. The summed E-state index contributed by atoms with van der Waals surface area (Å²) < 4.78 is 35.2. The number of nitrogens with zero attached hydrogens (tertiary/aromatic N) is 4. The maximum Gasteiger partial charge on any atom is 0.233 e. The monoisotopic (exact) mass is 413 g/mol. The van der Waals surface area contributed by atoms with Crippen molar-refractivity contribution >= 4 is 0 Å². The number of hydrogen-bond donors (Lipinski definition) is 2. The van der Waals surface area contributed by atoms with Crippen LogP contribution in [-0.2, 0) is 0 Å². The molecule has 2 saturated heterocycles. The summed E-state index contributed by atoms with van der Waals surface area (Å²) in [6.45, 7) is 1.89. The lowest BCUT2D eigenvalue weighted by molar-refractivity contribution is 0.00813. The third kappa shape index (κ3) is 3.28. The zero-order valence-corrected chi connectivity index (χ0v) is 16.3. The second-order valence-corrected chi connectivity index (χ2v) is 8.15. The minimum Gasteiger partial charge on any atom is -0.507 e. The molecule has 7 nitrogen and oxygen atoms in total. The van der Waals surface area contributed by atoms with Gasteiger partial charge in [0.15, 0.2) is 12.0 Å². The van der Waals surface area contributed by atoms with Crippen molar-refractivity contribution in [3.63, 3.8) is 0 Å². The molecule has 0 unspecified atom stereocenters. The van der Waals surface area contributed by atoms with E-state index in [9.17, 15) is 13.9 Å². The van der Waals surface area contributed by atoms with Gasteiger partial charge >= 0.3 is 0 Å². The number of phenolic OH excluding ortho intramolecular Hbond substituents is 1. The molecule has 0 radical (unpaired) electrons. The number of halogens is 2. The number of hydrogen-bond acceptors (Lipinski definition) is 6. The van der Waals surface area contributed by atoms with Crippen LogP contribution in [0.2, 0.25) is 0 Å². The van der Waals surface area contributed by atoms with Gasteiger partial charge in [0, 0.05) is 30.2 Å². The summed E-state index contributed by atoms with van der Waals surface area (Å²) in [5, 5.41) is 25.8. The van der Waals surface area contributed by atoms with Crippen LogP contribution in [0, 0.1) is 5.82 Å². The molecule has 1 aromatic carbocycles. The van der Waals surface area contributed by atoms with Gasteiger partial charge in [-0.15, -0.1) is 10.2 Å². The highest BCUT2D eigenvalue weighted by Crippen LogP contribution is 2.39. The quantitative estimate of drug-likeness (QED) is 0.684. The predicted molar refractivity (Wildman–Crippen MR) is 105 cm³/mol. The van der Waals surface area contributed by atoms with Gasteiger partial charge in [0.25, 0.3) is 0 Å². The Hall–Kier alpha value is -3.07. The number of piperidine rings is 1. The van der Waals surface area contributed by atoms with Gasteiger partial charge < -0.3 is 15.2 Å². The highest BCUT2D eigenvalue weighted by Gasteiger charge is 2.51. The molecule has 4 heterocycles. The number of aromatic hydroxyl groups is 1. The molecule has 2 aliphatic rings. The first-order valence-corrected chi connectivity index (χ1v) is 9.87. The summed E-state index contributed by atoms with van der Waals surface area (Å²) >= 11 is 0. The number of rotatable bonds is 4. The smallest absolute Gasteiger partial charge is 0.233 e. The van der Waals surface area contributed by atoms with E-state index in [2.05, 4.69) is 20.6 Å². The van der Waals surface area contributed by atoms with Crippen LogP contribution < -0.4 is 10.1 Å². The zero-order chi connectivity index (χ0) is 20.9. The molecule has 2 aromatic heterocycles. The lowest BCUT2D eigenvalue weighted by atomic mass is 9.88. The number of benzene rings is 1. The molecule has 2 N–H and O–H groups in total. The van der Waals surface area contributed by atoms with Crippen molar-refractivity contribution in [2.45, 2.75) is 50.0 Å². The van der Waals surface area contributed by atoms with E-state index in [-0.39, 0.29) is 17.7 Å². The molecule has 3 aromatic rings. The summed E-state index contributed by atoms with van der Waals surface area (Å²) in [5.41, 5.74) is 0.857. The maximum absolute atomic E-state index is 14.9. The van der Waals surface area contributed by atoms with Gasteiger partial charge in [-0.25, -0.2) is 13.5 Å². The minimum absolute atomic E-state index is 0.0435. The first-order chi connectivity index (χ1) is 14.4. The van der Waals surface area contributed by atoms with E-state index in [0.29, 0.717) is 23.4 Å². The SMILES string of the molecule is C[C@@]12CC[C@@H](C[C@H](Oc3ccc(-c4ccc(-n5cc(F)cn5)cc4O)nn3)[C@@H]1F)N2. The first kappa shape index (κ1) is 18.9. The van der Waals surface area contributed by atoms with E-state index in [4.69, 9.17) is 4.74 Å². The van der Waals surface area contributed by atoms with Crippen molar-refractivity contribution in [2.75, 3.05) is 0 Å². The molecular weight excluding hydrogens is 392 g/mol. The van der Waals surface area contributed by atoms with Crippen molar-refractivity contribution in [2.24, 2.45) is 0 Å². The molecule has 0 spiro atoms. The predicted octanol–water partition coefficient (Wildman–Crippen LogP) is 3.17. The summed E-state index contributed by atoms with van der Waals surface area (Å²) in [5.74, 6) is -0.260. The van der Waals surface area contributed by atoms with Gasteiger partial charge in [-0.1, -0.05) is 0 Å². The normalized spacial score (nSPS) is 27.9. The average Bonchev–Trinajstić information content (AvgIpc) is 3.31. The van der Waals surface area contributed by atoms with Crippen LogP contribution in [-0.4, -0.2) is 48.9 Å². The fourth-order valence-corrected chi connectivity index (χ4v) is 4.40. The lowest BCUT2D eigenvalue weighted by Crippen LogP contribution is -2.59. The topological polar surface area (TPSA) is 85.1 Å². The average molecular weight is 413 g/mol. The van der Waals surface area contributed by atoms with Gasteiger partial charge in [0.05, 0.1) is 29.3 Å². The Morgan fingerprint density at radius 3 is 2.83 bits per heavy atom. The Morgan fingerprint density at radius 2 is 2.13 bits per heavy atom. The van der Waals surface area contributed by atoms with E-state index in [1.54, 1.807) is 24.3 Å². The van der Waals surface area contributed by atoms with Gasteiger partial charge in [0.2, 0.25) is 5.88 Å². The first-order valence-electron chi connectivity index (χ1n) is 9.87. The third-order valence-corrected chi connectivity index (χ3v) is 5.98. The molecule has 30 heavy (non-hydrogen) atoms. The Bertz CT molecular complexity index is 1070. The Labute approximate surface area is 171 Å². The Morgan fingerprint density at radius 1 is 1.27 bits per heavy atom. The molecule has 0 saturated carbocycles. The number of phenols is 1. The maximum atomic E-state index is 14.9. The lowest BCUT2D eigenvalue weighted by Gasteiger charge is -2.39. The van der Waals surface area contributed by atoms with Crippen LogP contribution >= 0.6 is 0 Å². The van der Waals surface area contributed by atoms with E-state index in [0.717, 1.165) is 19.0 Å². The van der Waals surface area contributed by atoms with E-state index < -0.39 is 23.6 Å². The molecular formula is C21H21F2N5O2. The number of aromatic nitrogens is 4. The summed E-state index contributed by atoms with van der Waals surface area (Å²) in [7, 11) is 0. The Balaban J connectivity index is 1.33. The number of nitrogens with one attached hydrogen (secondary N) is 1. The minimum atomic E-state index is -1.12.